The largest absolute Gasteiger partial charge is 0.390 e. The molecule has 20 heavy (non-hydrogen) atoms. The van der Waals surface area contributed by atoms with Gasteiger partial charge in [-0.05, 0) is 37.1 Å². The number of nitrogens with one attached hydrogen (secondary N) is 1. The number of hydrogen-bond acceptors (Lipinski definition) is 4. The number of halogens is 1. The lowest BCUT2D eigenvalue weighted by Crippen LogP contribution is -2.26. The predicted octanol–water partition coefficient (Wildman–Crippen LogP) is 0.791. The third-order valence-electron chi connectivity index (χ3n) is 3.02. The summed E-state index contributed by atoms with van der Waals surface area (Å²) in [5.41, 5.74) is 0.822. The highest BCUT2D eigenvalue weighted by atomic mass is 19.1. The molecule has 1 amide bonds. The molecule has 0 atom stereocenters. The predicted molar refractivity (Wildman–Crippen MR) is 67.7 cm³/mol. The lowest BCUT2D eigenvalue weighted by Gasteiger charge is -2.00. The number of nitrogens with zero attached hydrogens (tertiary/aromatic N) is 3. The van der Waals surface area contributed by atoms with Crippen LogP contribution in [0.3, 0.4) is 0 Å². The summed E-state index contributed by atoms with van der Waals surface area (Å²) in [6.45, 7) is -0.380. The van der Waals surface area contributed by atoms with Crippen LogP contribution in [0, 0.1) is 5.82 Å². The molecule has 1 fully saturated rings. The van der Waals surface area contributed by atoms with Crippen molar-refractivity contribution in [2.45, 2.75) is 25.5 Å². The molecule has 0 aliphatic heterocycles. The number of rotatable bonds is 4. The second kappa shape index (κ2) is 5.01. The van der Waals surface area contributed by atoms with Gasteiger partial charge in [0.05, 0.1) is 12.3 Å². The number of benzene rings is 1. The Morgan fingerprint density at radius 1 is 1.35 bits per heavy atom. The van der Waals surface area contributed by atoms with Gasteiger partial charge in [0.2, 0.25) is 0 Å². The van der Waals surface area contributed by atoms with E-state index in [2.05, 4.69) is 15.5 Å². The standard InChI is InChI=1S/C13H13FN4O2/c14-8-1-5-10(6-2-8)18-16-11(7-19)12(17-18)13(20)15-9-3-4-9/h1-2,5-6,9,19H,3-4,7H2,(H,15,20). The minimum Gasteiger partial charge on any atom is -0.390 e. The Hall–Kier alpha value is -2.28. The van der Waals surface area contributed by atoms with Crippen LogP contribution in [0.2, 0.25) is 0 Å². The van der Waals surface area contributed by atoms with E-state index in [0.29, 0.717) is 5.69 Å². The van der Waals surface area contributed by atoms with Crippen molar-refractivity contribution < 1.29 is 14.3 Å². The Morgan fingerprint density at radius 3 is 2.65 bits per heavy atom. The molecule has 1 aliphatic carbocycles. The second-order valence-electron chi connectivity index (χ2n) is 4.67. The van der Waals surface area contributed by atoms with Gasteiger partial charge in [-0.3, -0.25) is 4.79 Å². The minimum absolute atomic E-state index is 0.101. The van der Waals surface area contributed by atoms with Gasteiger partial charge in [-0.1, -0.05) is 0 Å². The van der Waals surface area contributed by atoms with Crippen LogP contribution in [0.25, 0.3) is 5.69 Å². The fraction of sp³-hybridized carbons (Fsp3) is 0.308. The van der Waals surface area contributed by atoms with Crippen molar-refractivity contribution in [3.05, 3.63) is 41.5 Å². The molecule has 6 nitrogen and oxygen atoms in total. The van der Waals surface area contributed by atoms with Gasteiger partial charge in [-0.2, -0.15) is 4.80 Å². The number of amides is 1. The Balaban J connectivity index is 1.90. The Bertz CT molecular complexity index is 634. The van der Waals surface area contributed by atoms with Crippen LogP contribution >= 0.6 is 0 Å². The van der Waals surface area contributed by atoms with Crippen LogP contribution < -0.4 is 5.32 Å². The summed E-state index contributed by atoms with van der Waals surface area (Å²) >= 11 is 0. The highest BCUT2D eigenvalue weighted by Gasteiger charge is 2.27. The van der Waals surface area contributed by atoms with Crippen LogP contribution in [-0.4, -0.2) is 32.0 Å². The number of aliphatic hydroxyl groups excluding tert-OH is 1. The van der Waals surface area contributed by atoms with Gasteiger partial charge in [-0.25, -0.2) is 4.39 Å². The second-order valence-corrected chi connectivity index (χ2v) is 4.67. The molecule has 0 spiro atoms. The zero-order valence-corrected chi connectivity index (χ0v) is 10.6. The Kier molecular flexibility index (Phi) is 3.19. The normalized spacial score (nSPS) is 14.3. The fourth-order valence-corrected chi connectivity index (χ4v) is 1.79. The van der Waals surface area contributed by atoms with Crippen molar-refractivity contribution >= 4 is 5.91 Å². The lowest BCUT2D eigenvalue weighted by molar-refractivity contribution is 0.0942. The van der Waals surface area contributed by atoms with Crippen molar-refractivity contribution in [1.82, 2.24) is 20.3 Å². The van der Waals surface area contributed by atoms with Crippen LogP contribution in [0.1, 0.15) is 29.0 Å². The van der Waals surface area contributed by atoms with Crippen LogP contribution in [0.5, 0.6) is 0 Å². The van der Waals surface area contributed by atoms with E-state index in [1.54, 1.807) is 0 Å². The number of carbonyl (C=O) groups excluding carboxylic acids is 1. The van der Waals surface area contributed by atoms with Crippen molar-refractivity contribution in [3.63, 3.8) is 0 Å². The van der Waals surface area contributed by atoms with Gasteiger partial charge >= 0.3 is 0 Å². The zero-order valence-electron chi connectivity index (χ0n) is 10.6. The molecule has 2 N–H and O–H groups in total. The van der Waals surface area contributed by atoms with E-state index in [1.807, 2.05) is 0 Å². The zero-order chi connectivity index (χ0) is 14.1. The van der Waals surface area contributed by atoms with E-state index in [-0.39, 0.29) is 35.8 Å². The molecule has 1 aliphatic rings. The molecule has 1 saturated carbocycles. The quantitative estimate of drug-likeness (QED) is 0.865. The molecule has 0 saturated heterocycles. The molecule has 2 aromatic rings. The third-order valence-corrected chi connectivity index (χ3v) is 3.02. The molecule has 0 unspecified atom stereocenters. The summed E-state index contributed by atoms with van der Waals surface area (Å²) in [7, 11) is 0. The average Bonchev–Trinajstić information content (AvgIpc) is 3.15. The van der Waals surface area contributed by atoms with Gasteiger partial charge in [0.1, 0.15) is 11.5 Å². The Morgan fingerprint density at radius 2 is 2.05 bits per heavy atom. The summed E-state index contributed by atoms with van der Waals surface area (Å²) in [4.78, 5) is 13.2. The Labute approximate surface area is 114 Å². The maximum absolute atomic E-state index is 12.9. The number of hydrogen-bond donors (Lipinski definition) is 2. The summed E-state index contributed by atoms with van der Waals surface area (Å²) in [5.74, 6) is -0.708. The van der Waals surface area contributed by atoms with Gasteiger partial charge in [0, 0.05) is 6.04 Å². The van der Waals surface area contributed by atoms with E-state index in [9.17, 15) is 14.3 Å². The van der Waals surface area contributed by atoms with E-state index in [4.69, 9.17) is 0 Å². The molecule has 1 aromatic carbocycles. The molecule has 104 valence electrons. The smallest absolute Gasteiger partial charge is 0.274 e. The maximum Gasteiger partial charge on any atom is 0.274 e. The van der Waals surface area contributed by atoms with Crippen molar-refractivity contribution in [2.75, 3.05) is 0 Å². The van der Waals surface area contributed by atoms with Gasteiger partial charge in [-0.15, -0.1) is 10.2 Å². The first-order chi connectivity index (χ1) is 9.67. The molecule has 0 radical (unpaired) electrons. The van der Waals surface area contributed by atoms with E-state index >= 15 is 0 Å². The average molecular weight is 276 g/mol. The summed E-state index contributed by atoms with van der Waals surface area (Å²) < 4.78 is 12.9. The minimum atomic E-state index is -0.380. The molecule has 1 aromatic heterocycles. The van der Waals surface area contributed by atoms with Crippen LogP contribution in [0.15, 0.2) is 24.3 Å². The summed E-state index contributed by atoms with van der Waals surface area (Å²) in [5, 5.41) is 20.2. The van der Waals surface area contributed by atoms with Crippen molar-refractivity contribution in [1.29, 1.82) is 0 Å². The molecule has 3 rings (SSSR count). The van der Waals surface area contributed by atoms with E-state index in [0.717, 1.165) is 12.8 Å². The number of aromatic nitrogens is 3. The van der Waals surface area contributed by atoms with Gasteiger partial charge in [0.15, 0.2) is 5.69 Å². The van der Waals surface area contributed by atoms with Crippen molar-refractivity contribution in [3.8, 4) is 5.69 Å². The highest BCUT2D eigenvalue weighted by Crippen LogP contribution is 2.19. The molecular formula is C13H13FN4O2. The number of carbonyl (C=O) groups is 1. The molecule has 1 heterocycles. The fourth-order valence-electron chi connectivity index (χ4n) is 1.79. The molecular weight excluding hydrogens is 263 g/mol. The first kappa shape index (κ1) is 12.7. The number of aliphatic hydroxyl groups is 1. The lowest BCUT2D eigenvalue weighted by atomic mass is 10.3. The van der Waals surface area contributed by atoms with Gasteiger partial charge in [0.25, 0.3) is 5.91 Å². The highest BCUT2D eigenvalue weighted by molar-refractivity contribution is 5.93. The first-order valence-corrected chi connectivity index (χ1v) is 6.31. The van der Waals surface area contributed by atoms with E-state index < -0.39 is 0 Å². The first-order valence-electron chi connectivity index (χ1n) is 6.31. The summed E-state index contributed by atoms with van der Waals surface area (Å²) in [6, 6.07) is 5.76. The monoisotopic (exact) mass is 276 g/mol. The van der Waals surface area contributed by atoms with Crippen LogP contribution in [-0.2, 0) is 6.61 Å². The van der Waals surface area contributed by atoms with Crippen LogP contribution in [0.4, 0.5) is 4.39 Å². The van der Waals surface area contributed by atoms with Crippen molar-refractivity contribution in [2.24, 2.45) is 0 Å². The summed E-state index contributed by atoms with van der Waals surface area (Å²) in [6.07, 6.45) is 1.93. The topological polar surface area (TPSA) is 80.0 Å². The molecule has 0 bridgehead atoms. The SMILES string of the molecule is O=C(NC1CC1)c1nn(-c2ccc(F)cc2)nc1CO. The van der Waals surface area contributed by atoms with Gasteiger partial charge < -0.3 is 10.4 Å². The maximum atomic E-state index is 12.9. The third kappa shape index (κ3) is 2.53. The van der Waals surface area contributed by atoms with E-state index in [1.165, 1.54) is 29.1 Å². The molecule has 7 heteroatoms.